The third-order valence-corrected chi connectivity index (χ3v) is 4.22. The van der Waals surface area contributed by atoms with E-state index in [1.165, 1.54) is 0 Å². The quantitative estimate of drug-likeness (QED) is 0.720. The maximum atomic E-state index is 12.3. The predicted octanol–water partition coefficient (Wildman–Crippen LogP) is 4.86. The van der Waals surface area contributed by atoms with Gasteiger partial charge in [0.2, 0.25) is 0 Å². The van der Waals surface area contributed by atoms with Gasteiger partial charge in [-0.15, -0.1) is 0 Å². The Labute approximate surface area is 141 Å². The highest BCUT2D eigenvalue weighted by Gasteiger charge is 2.16. The molecule has 0 spiro atoms. The van der Waals surface area contributed by atoms with Crippen LogP contribution in [-0.4, -0.2) is 6.03 Å². The van der Waals surface area contributed by atoms with Crippen molar-refractivity contribution >= 4 is 17.0 Å². The number of hydrogen-bond donors (Lipinski definition) is 2. The van der Waals surface area contributed by atoms with Crippen LogP contribution in [0.25, 0.3) is 11.0 Å². The Bertz CT molecular complexity index is 820. The van der Waals surface area contributed by atoms with Crippen molar-refractivity contribution in [2.75, 3.05) is 0 Å². The van der Waals surface area contributed by atoms with Crippen LogP contribution in [0, 0.1) is 6.92 Å². The fraction of sp³-hybridized carbons (Fsp3) is 0.250. The molecule has 2 amide bonds. The van der Waals surface area contributed by atoms with Crippen LogP contribution < -0.4 is 10.6 Å². The fourth-order valence-electron chi connectivity index (χ4n) is 2.87. The number of hydrogen-bond acceptors (Lipinski definition) is 2. The van der Waals surface area contributed by atoms with E-state index in [1.807, 2.05) is 75.4 Å². The largest absolute Gasteiger partial charge is 0.459 e. The molecule has 2 aromatic carbocycles. The molecule has 2 unspecified atom stereocenters. The van der Waals surface area contributed by atoms with E-state index in [2.05, 4.69) is 10.6 Å². The van der Waals surface area contributed by atoms with Gasteiger partial charge in [-0.05, 0) is 44.0 Å². The second-order valence-corrected chi connectivity index (χ2v) is 6.10. The van der Waals surface area contributed by atoms with Crippen LogP contribution in [0.2, 0.25) is 0 Å². The Morgan fingerprint density at radius 2 is 1.62 bits per heavy atom. The maximum Gasteiger partial charge on any atom is 0.315 e. The van der Waals surface area contributed by atoms with Crippen molar-refractivity contribution in [2.45, 2.75) is 32.9 Å². The fourth-order valence-corrected chi connectivity index (χ4v) is 2.87. The van der Waals surface area contributed by atoms with Crippen LogP contribution in [0.5, 0.6) is 0 Å². The van der Waals surface area contributed by atoms with Crippen LogP contribution >= 0.6 is 0 Å². The molecule has 1 aromatic heterocycles. The number of aryl methyl sites for hydroxylation is 1. The topological polar surface area (TPSA) is 54.3 Å². The van der Waals surface area contributed by atoms with Gasteiger partial charge < -0.3 is 15.1 Å². The van der Waals surface area contributed by atoms with Gasteiger partial charge in [0.05, 0.1) is 12.1 Å². The molecule has 0 fully saturated rings. The summed E-state index contributed by atoms with van der Waals surface area (Å²) in [6.07, 6.45) is 0. The summed E-state index contributed by atoms with van der Waals surface area (Å²) < 4.78 is 5.80. The van der Waals surface area contributed by atoms with Gasteiger partial charge in [-0.3, -0.25) is 0 Å². The van der Waals surface area contributed by atoms with Crippen LogP contribution in [-0.2, 0) is 0 Å². The summed E-state index contributed by atoms with van der Waals surface area (Å²) in [6.45, 7) is 5.94. The van der Waals surface area contributed by atoms with E-state index in [-0.39, 0.29) is 18.1 Å². The number of rotatable bonds is 4. The second kappa shape index (κ2) is 6.79. The molecule has 3 rings (SSSR count). The molecule has 124 valence electrons. The van der Waals surface area contributed by atoms with Crippen LogP contribution in [0.15, 0.2) is 59.0 Å². The number of fused-ring (bicyclic) bond motifs is 1. The van der Waals surface area contributed by atoms with Crippen molar-refractivity contribution < 1.29 is 9.21 Å². The van der Waals surface area contributed by atoms with Gasteiger partial charge in [-0.25, -0.2) is 4.79 Å². The SMILES string of the molecule is Cc1ccccc1C(C)NC(=O)NC(C)c1cc2ccccc2o1. The summed E-state index contributed by atoms with van der Waals surface area (Å²) in [5.41, 5.74) is 3.11. The number of furan rings is 1. The molecule has 4 nitrogen and oxygen atoms in total. The van der Waals surface area contributed by atoms with E-state index in [4.69, 9.17) is 4.42 Å². The minimum absolute atomic E-state index is 0.0610. The van der Waals surface area contributed by atoms with Gasteiger partial charge in [-0.2, -0.15) is 0 Å². The van der Waals surface area contributed by atoms with Crippen molar-refractivity contribution in [2.24, 2.45) is 0 Å². The van der Waals surface area contributed by atoms with E-state index < -0.39 is 0 Å². The van der Waals surface area contributed by atoms with Crippen molar-refractivity contribution in [3.05, 3.63) is 71.5 Å². The minimum atomic E-state index is -0.210. The first kappa shape index (κ1) is 16.1. The first-order valence-corrected chi connectivity index (χ1v) is 8.15. The molecule has 1 heterocycles. The molecule has 0 aliphatic carbocycles. The van der Waals surface area contributed by atoms with Gasteiger partial charge in [-0.1, -0.05) is 42.5 Å². The standard InChI is InChI=1S/C20H22N2O2/c1-13-8-4-6-10-17(13)14(2)21-20(23)22-15(3)19-12-16-9-5-7-11-18(16)24-19/h4-12,14-15H,1-3H3,(H2,21,22,23). The first-order chi connectivity index (χ1) is 11.5. The minimum Gasteiger partial charge on any atom is -0.459 e. The van der Waals surface area contributed by atoms with Crippen molar-refractivity contribution in [3.63, 3.8) is 0 Å². The van der Waals surface area contributed by atoms with Crippen molar-refractivity contribution in [3.8, 4) is 0 Å². The Kier molecular flexibility index (Phi) is 4.56. The lowest BCUT2D eigenvalue weighted by molar-refractivity contribution is 0.233. The average molecular weight is 322 g/mol. The second-order valence-electron chi connectivity index (χ2n) is 6.10. The number of amides is 2. The van der Waals surface area contributed by atoms with E-state index >= 15 is 0 Å². The first-order valence-electron chi connectivity index (χ1n) is 8.15. The summed E-state index contributed by atoms with van der Waals surface area (Å²) in [7, 11) is 0. The third kappa shape index (κ3) is 3.43. The van der Waals surface area contributed by atoms with Gasteiger partial charge >= 0.3 is 6.03 Å². The average Bonchev–Trinajstić information content (AvgIpc) is 2.99. The van der Waals surface area contributed by atoms with Gasteiger partial charge in [0.25, 0.3) is 0 Å². The van der Waals surface area contributed by atoms with Gasteiger partial charge in [0.15, 0.2) is 0 Å². The molecule has 2 N–H and O–H groups in total. The molecule has 24 heavy (non-hydrogen) atoms. The Balaban J connectivity index is 1.64. The maximum absolute atomic E-state index is 12.3. The van der Waals surface area contributed by atoms with Crippen molar-refractivity contribution in [1.29, 1.82) is 0 Å². The number of benzene rings is 2. The molecule has 0 radical (unpaired) electrons. The molecule has 0 aliphatic heterocycles. The van der Waals surface area contributed by atoms with Crippen LogP contribution in [0.3, 0.4) is 0 Å². The highest BCUT2D eigenvalue weighted by molar-refractivity contribution is 5.78. The Morgan fingerprint density at radius 3 is 2.38 bits per heavy atom. The monoisotopic (exact) mass is 322 g/mol. The van der Waals surface area contributed by atoms with Crippen LogP contribution in [0.4, 0.5) is 4.79 Å². The molecule has 0 saturated heterocycles. The summed E-state index contributed by atoms with van der Waals surface area (Å²) in [5.74, 6) is 0.745. The molecule has 3 aromatic rings. The van der Waals surface area contributed by atoms with Gasteiger partial charge in [0.1, 0.15) is 11.3 Å². The highest BCUT2D eigenvalue weighted by atomic mass is 16.3. The lowest BCUT2D eigenvalue weighted by Gasteiger charge is -2.19. The molecule has 0 aliphatic rings. The molecule has 4 heteroatoms. The lowest BCUT2D eigenvalue weighted by atomic mass is 10.0. The van der Waals surface area contributed by atoms with Crippen molar-refractivity contribution in [1.82, 2.24) is 10.6 Å². The number of carbonyl (C=O) groups is 1. The predicted molar refractivity (Wildman–Crippen MR) is 95.9 cm³/mol. The van der Waals surface area contributed by atoms with E-state index in [0.29, 0.717) is 0 Å². The summed E-state index contributed by atoms with van der Waals surface area (Å²) in [4.78, 5) is 12.3. The highest BCUT2D eigenvalue weighted by Crippen LogP contribution is 2.23. The lowest BCUT2D eigenvalue weighted by Crippen LogP contribution is -2.38. The normalized spacial score (nSPS) is 13.5. The zero-order valence-electron chi connectivity index (χ0n) is 14.2. The number of nitrogens with one attached hydrogen (secondary N) is 2. The summed E-state index contributed by atoms with van der Waals surface area (Å²) >= 11 is 0. The van der Waals surface area contributed by atoms with E-state index in [1.54, 1.807) is 0 Å². The molecular weight excluding hydrogens is 300 g/mol. The molecule has 2 atom stereocenters. The smallest absolute Gasteiger partial charge is 0.315 e. The Hall–Kier alpha value is -2.75. The third-order valence-electron chi connectivity index (χ3n) is 4.22. The molecule has 0 saturated carbocycles. The van der Waals surface area contributed by atoms with Crippen LogP contribution in [0.1, 0.15) is 42.8 Å². The van der Waals surface area contributed by atoms with E-state index in [9.17, 15) is 4.79 Å². The summed E-state index contributed by atoms with van der Waals surface area (Å²) in [6, 6.07) is 17.4. The number of para-hydroxylation sites is 1. The Morgan fingerprint density at radius 1 is 0.958 bits per heavy atom. The summed E-state index contributed by atoms with van der Waals surface area (Å²) in [5, 5.41) is 6.95. The van der Waals surface area contributed by atoms with Gasteiger partial charge in [0, 0.05) is 5.39 Å². The zero-order chi connectivity index (χ0) is 17.1. The van der Waals surface area contributed by atoms with E-state index in [0.717, 1.165) is 27.9 Å². The zero-order valence-corrected chi connectivity index (χ0v) is 14.2. The number of urea groups is 1. The number of carbonyl (C=O) groups excluding carboxylic acids is 1. The molecule has 0 bridgehead atoms. The molecular formula is C20H22N2O2.